The van der Waals surface area contributed by atoms with Crippen molar-refractivity contribution in [3.63, 3.8) is 0 Å². The Kier molecular flexibility index (Phi) is 7.84. The number of hydrogen-bond donors (Lipinski definition) is 3. The van der Waals surface area contributed by atoms with Gasteiger partial charge in [-0.05, 0) is 0 Å². The molecule has 0 heterocycles. The van der Waals surface area contributed by atoms with E-state index in [0.29, 0.717) is 13.1 Å². The summed E-state index contributed by atoms with van der Waals surface area (Å²) in [6.45, 7) is 0.993. The maximum absolute atomic E-state index is 11.2. The molecule has 80 valence electrons. The number of nitrogens with zero attached hydrogens (tertiary/aromatic N) is 1. The third kappa shape index (κ3) is 6.43. The molecule has 0 aromatic rings. The molecule has 0 atom stereocenters. The van der Waals surface area contributed by atoms with Crippen molar-refractivity contribution in [3.05, 3.63) is 0 Å². The highest BCUT2D eigenvalue weighted by atomic mass is 16.3. The van der Waals surface area contributed by atoms with Crippen LogP contribution >= 0.6 is 0 Å². The lowest BCUT2D eigenvalue weighted by Gasteiger charge is -2.18. The smallest absolute Gasteiger partial charge is 0.234 e. The van der Waals surface area contributed by atoms with E-state index in [0.717, 1.165) is 0 Å². The summed E-state index contributed by atoms with van der Waals surface area (Å²) in [6.07, 6.45) is 4.97. The standard InChI is InChI=1S/C9H16N2O3/c1-2-3-10-9(14)8-11(4-6-12)5-7-13/h1,12-13H,3-8H2,(H,10,14). The molecular formula is C9H16N2O3. The number of rotatable bonds is 7. The van der Waals surface area contributed by atoms with E-state index in [4.69, 9.17) is 16.6 Å². The summed E-state index contributed by atoms with van der Waals surface area (Å²) in [5, 5.41) is 19.8. The Labute approximate surface area is 83.7 Å². The summed E-state index contributed by atoms with van der Waals surface area (Å²) in [7, 11) is 0. The molecule has 5 nitrogen and oxygen atoms in total. The molecule has 0 aliphatic carbocycles. The van der Waals surface area contributed by atoms with E-state index in [9.17, 15) is 4.79 Å². The molecule has 0 saturated heterocycles. The summed E-state index contributed by atoms with van der Waals surface area (Å²) in [4.78, 5) is 12.8. The van der Waals surface area contributed by atoms with Crippen LogP contribution in [0.3, 0.4) is 0 Å². The van der Waals surface area contributed by atoms with Crippen LogP contribution in [0.2, 0.25) is 0 Å². The second-order valence-electron chi connectivity index (χ2n) is 2.70. The number of aliphatic hydroxyl groups is 2. The molecule has 14 heavy (non-hydrogen) atoms. The Bertz CT molecular complexity index is 195. The lowest BCUT2D eigenvalue weighted by molar-refractivity contribution is -0.122. The van der Waals surface area contributed by atoms with Crippen LogP contribution < -0.4 is 5.32 Å². The quantitative estimate of drug-likeness (QED) is 0.417. The maximum Gasteiger partial charge on any atom is 0.234 e. The highest BCUT2D eigenvalue weighted by Gasteiger charge is 2.08. The average Bonchev–Trinajstić information content (AvgIpc) is 2.15. The Hall–Kier alpha value is -1.09. The molecule has 0 radical (unpaired) electrons. The Morgan fingerprint density at radius 1 is 1.36 bits per heavy atom. The molecule has 0 aliphatic rings. The number of nitrogens with one attached hydrogen (secondary N) is 1. The van der Waals surface area contributed by atoms with Crippen molar-refractivity contribution in [2.75, 3.05) is 39.4 Å². The molecule has 0 aromatic carbocycles. The zero-order valence-corrected chi connectivity index (χ0v) is 8.07. The summed E-state index contributed by atoms with van der Waals surface area (Å²) in [5.74, 6) is 2.08. The zero-order valence-electron chi connectivity index (χ0n) is 8.07. The fraction of sp³-hybridized carbons (Fsp3) is 0.667. The average molecular weight is 200 g/mol. The van der Waals surface area contributed by atoms with Gasteiger partial charge in [-0.2, -0.15) is 0 Å². The SMILES string of the molecule is C#CCNC(=O)CN(CCO)CCO. The van der Waals surface area contributed by atoms with E-state index in [2.05, 4.69) is 11.2 Å². The van der Waals surface area contributed by atoms with Gasteiger partial charge in [0.2, 0.25) is 5.91 Å². The molecule has 1 amide bonds. The van der Waals surface area contributed by atoms with Crippen LogP contribution in [-0.4, -0.2) is 60.4 Å². The van der Waals surface area contributed by atoms with Crippen molar-refractivity contribution in [2.45, 2.75) is 0 Å². The summed E-state index contributed by atoms with van der Waals surface area (Å²) in [6, 6.07) is 0. The third-order valence-corrected chi connectivity index (χ3v) is 1.59. The monoisotopic (exact) mass is 200 g/mol. The van der Waals surface area contributed by atoms with Gasteiger partial charge in [0.1, 0.15) is 0 Å². The highest BCUT2D eigenvalue weighted by Crippen LogP contribution is 1.86. The number of aliphatic hydroxyl groups excluding tert-OH is 2. The Morgan fingerprint density at radius 2 is 1.93 bits per heavy atom. The molecule has 5 heteroatoms. The van der Waals surface area contributed by atoms with Gasteiger partial charge in [-0.15, -0.1) is 6.42 Å². The van der Waals surface area contributed by atoms with Crippen molar-refractivity contribution in [1.82, 2.24) is 10.2 Å². The van der Waals surface area contributed by atoms with Crippen LogP contribution in [0.15, 0.2) is 0 Å². The van der Waals surface area contributed by atoms with Gasteiger partial charge < -0.3 is 15.5 Å². The topological polar surface area (TPSA) is 72.8 Å². The van der Waals surface area contributed by atoms with Crippen molar-refractivity contribution in [1.29, 1.82) is 0 Å². The first-order valence-electron chi connectivity index (χ1n) is 4.38. The molecule has 3 N–H and O–H groups in total. The van der Waals surface area contributed by atoms with E-state index in [-0.39, 0.29) is 32.2 Å². The minimum Gasteiger partial charge on any atom is -0.395 e. The number of carbonyl (C=O) groups excluding carboxylic acids is 1. The molecule has 0 aliphatic heterocycles. The number of terminal acetylenes is 1. The normalized spacial score (nSPS) is 9.86. The van der Waals surface area contributed by atoms with E-state index in [1.807, 2.05) is 0 Å². The van der Waals surface area contributed by atoms with E-state index >= 15 is 0 Å². The summed E-state index contributed by atoms with van der Waals surface area (Å²) >= 11 is 0. The van der Waals surface area contributed by atoms with Crippen LogP contribution in [0.25, 0.3) is 0 Å². The van der Waals surface area contributed by atoms with Gasteiger partial charge in [0.15, 0.2) is 0 Å². The number of carbonyl (C=O) groups is 1. The molecular weight excluding hydrogens is 184 g/mol. The molecule has 0 spiro atoms. The van der Waals surface area contributed by atoms with Gasteiger partial charge in [-0.3, -0.25) is 9.69 Å². The van der Waals surface area contributed by atoms with Crippen LogP contribution in [0.4, 0.5) is 0 Å². The van der Waals surface area contributed by atoms with E-state index < -0.39 is 0 Å². The predicted molar refractivity (Wildman–Crippen MR) is 52.5 cm³/mol. The summed E-state index contributed by atoms with van der Waals surface area (Å²) in [5.41, 5.74) is 0. The van der Waals surface area contributed by atoms with Crippen LogP contribution in [0, 0.1) is 12.3 Å². The lowest BCUT2D eigenvalue weighted by Crippen LogP contribution is -2.40. The van der Waals surface area contributed by atoms with Crippen molar-refractivity contribution < 1.29 is 15.0 Å². The first-order chi connectivity index (χ1) is 6.74. The highest BCUT2D eigenvalue weighted by molar-refractivity contribution is 5.78. The van der Waals surface area contributed by atoms with Gasteiger partial charge in [-0.25, -0.2) is 0 Å². The van der Waals surface area contributed by atoms with Crippen molar-refractivity contribution >= 4 is 5.91 Å². The van der Waals surface area contributed by atoms with Crippen LogP contribution in [0.5, 0.6) is 0 Å². The van der Waals surface area contributed by atoms with Gasteiger partial charge in [0, 0.05) is 13.1 Å². The first kappa shape index (κ1) is 12.9. The third-order valence-electron chi connectivity index (χ3n) is 1.59. The number of hydrogen-bond acceptors (Lipinski definition) is 4. The fourth-order valence-corrected chi connectivity index (χ4v) is 0.961. The van der Waals surface area contributed by atoms with Gasteiger partial charge in [-0.1, -0.05) is 5.92 Å². The number of amides is 1. The largest absolute Gasteiger partial charge is 0.395 e. The van der Waals surface area contributed by atoms with Crippen LogP contribution in [0.1, 0.15) is 0 Å². The zero-order chi connectivity index (χ0) is 10.8. The molecule has 0 fully saturated rings. The minimum atomic E-state index is -0.204. The Balaban J connectivity index is 3.77. The van der Waals surface area contributed by atoms with Gasteiger partial charge >= 0.3 is 0 Å². The predicted octanol–water partition coefficient (Wildman–Crippen LogP) is -1.98. The van der Waals surface area contributed by atoms with E-state index in [1.54, 1.807) is 4.90 Å². The summed E-state index contributed by atoms with van der Waals surface area (Å²) < 4.78 is 0. The van der Waals surface area contributed by atoms with E-state index in [1.165, 1.54) is 0 Å². The fourth-order valence-electron chi connectivity index (χ4n) is 0.961. The van der Waals surface area contributed by atoms with Gasteiger partial charge in [0.05, 0.1) is 26.3 Å². The molecule has 0 aromatic heterocycles. The molecule has 0 saturated carbocycles. The minimum absolute atomic E-state index is 0.0393. The maximum atomic E-state index is 11.2. The van der Waals surface area contributed by atoms with Crippen LogP contribution in [-0.2, 0) is 4.79 Å². The first-order valence-corrected chi connectivity index (χ1v) is 4.38. The molecule has 0 rings (SSSR count). The molecule has 0 bridgehead atoms. The van der Waals surface area contributed by atoms with Gasteiger partial charge in [0.25, 0.3) is 0 Å². The second kappa shape index (κ2) is 8.51. The second-order valence-corrected chi connectivity index (χ2v) is 2.70. The van der Waals surface area contributed by atoms with Crippen molar-refractivity contribution in [2.24, 2.45) is 0 Å². The Morgan fingerprint density at radius 3 is 2.36 bits per heavy atom. The van der Waals surface area contributed by atoms with Crippen molar-refractivity contribution in [3.8, 4) is 12.3 Å². The molecule has 0 unspecified atom stereocenters. The lowest BCUT2D eigenvalue weighted by atomic mass is 10.4.